The zero-order chi connectivity index (χ0) is 14.0. The fourth-order valence-corrected chi connectivity index (χ4v) is 1.92. The fraction of sp³-hybridized carbons (Fsp3) is 0.611. The van der Waals surface area contributed by atoms with E-state index in [0.717, 1.165) is 12.7 Å². The van der Waals surface area contributed by atoms with E-state index < -0.39 is 0 Å². The molecule has 0 aromatic rings. The van der Waals surface area contributed by atoms with E-state index in [0.29, 0.717) is 0 Å². The van der Waals surface area contributed by atoms with Crippen LogP contribution in [0.3, 0.4) is 0 Å². The predicted molar refractivity (Wildman–Crippen MR) is 85.3 cm³/mol. The summed E-state index contributed by atoms with van der Waals surface area (Å²) >= 11 is 0. The summed E-state index contributed by atoms with van der Waals surface area (Å²) < 4.78 is 0. The van der Waals surface area contributed by atoms with Crippen molar-refractivity contribution in [3.8, 4) is 0 Å². The van der Waals surface area contributed by atoms with E-state index in [1.54, 1.807) is 6.08 Å². The SMILES string of the molecule is CCC/C=C\CCCCCCCC/C=C/C=C/C=O. The Hall–Kier alpha value is -1.11. The first-order chi connectivity index (χ1) is 9.41. The first-order valence-corrected chi connectivity index (χ1v) is 7.83. The highest BCUT2D eigenvalue weighted by molar-refractivity contribution is 5.65. The van der Waals surface area contributed by atoms with Crippen LogP contribution in [0, 0.1) is 0 Å². The molecular formula is C18H30O. The quantitative estimate of drug-likeness (QED) is 0.135. The van der Waals surface area contributed by atoms with Gasteiger partial charge in [-0.15, -0.1) is 0 Å². The number of rotatable bonds is 13. The van der Waals surface area contributed by atoms with Crippen molar-refractivity contribution < 1.29 is 4.79 Å². The van der Waals surface area contributed by atoms with Gasteiger partial charge in [0.05, 0.1) is 0 Å². The van der Waals surface area contributed by atoms with Crippen molar-refractivity contribution >= 4 is 6.29 Å². The number of allylic oxidation sites excluding steroid dienone is 6. The standard InChI is InChI=1S/C18H30O/c1-2-3-4-5-6-7-8-9-10-11-12-13-14-15-16-17-18-19/h4-5,14-18H,2-3,6-13H2,1H3/b5-4-,15-14+,17-16+. The van der Waals surface area contributed by atoms with Gasteiger partial charge in [-0.25, -0.2) is 0 Å². The molecule has 0 saturated heterocycles. The van der Waals surface area contributed by atoms with Gasteiger partial charge in [0.25, 0.3) is 0 Å². The summed E-state index contributed by atoms with van der Waals surface area (Å²) in [5.41, 5.74) is 0. The summed E-state index contributed by atoms with van der Waals surface area (Å²) in [6.45, 7) is 2.22. The van der Waals surface area contributed by atoms with Crippen LogP contribution in [0.5, 0.6) is 0 Å². The van der Waals surface area contributed by atoms with Crippen LogP contribution in [0.2, 0.25) is 0 Å². The maximum Gasteiger partial charge on any atom is 0.142 e. The molecule has 0 atom stereocenters. The van der Waals surface area contributed by atoms with Gasteiger partial charge in [0.2, 0.25) is 0 Å². The average Bonchev–Trinajstić information content (AvgIpc) is 2.43. The van der Waals surface area contributed by atoms with Crippen molar-refractivity contribution in [3.05, 3.63) is 36.5 Å². The Kier molecular flexibility index (Phi) is 15.9. The van der Waals surface area contributed by atoms with Crippen molar-refractivity contribution in [1.82, 2.24) is 0 Å². The molecule has 0 saturated carbocycles. The summed E-state index contributed by atoms with van der Waals surface area (Å²) in [5.74, 6) is 0. The molecule has 0 unspecified atom stereocenters. The maximum absolute atomic E-state index is 10.0. The van der Waals surface area contributed by atoms with Crippen molar-refractivity contribution in [2.75, 3.05) is 0 Å². The Morgan fingerprint density at radius 3 is 1.84 bits per heavy atom. The van der Waals surface area contributed by atoms with Crippen LogP contribution in [-0.4, -0.2) is 6.29 Å². The van der Waals surface area contributed by atoms with Gasteiger partial charge in [0, 0.05) is 0 Å². The highest BCUT2D eigenvalue weighted by Gasteiger charge is 1.89. The molecule has 1 heteroatoms. The second-order valence-corrected chi connectivity index (χ2v) is 4.91. The van der Waals surface area contributed by atoms with Gasteiger partial charge in [-0.1, -0.05) is 69.4 Å². The minimum atomic E-state index is 0.807. The number of aldehydes is 1. The molecule has 0 aromatic carbocycles. The molecule has 0 aliphatic heterocycles. The lowest BCUT2D eigenvalue weighted by Gasteiger charge is -1.99. The second-order valence-electron chi connectivity index (χ2n) is 4.91. The minimum Gasteiger partial charge on any atom is -0.299 e. The van der Waals surface area contributed by atoms with Crippen LogP contribution in [0.1, 0.15) is 71.1 Å². The molecule has 0 heterocycles. The van der Waals surface area contributed by atoms with Crippen LogP contribution in [-0.2, 0) is 4.79 Å². The van der Waals surface area contributed by atoms with Crippen molar-refractivity contribution in [3.63, 3.8) is 0 Å². The molecule has 0 fully saturated rings. The molecule has 0 aliphatic rings. The Morgan fingerprint density at radius 1 is 0.632 bits per heavy atom. The van der Waals surface area contributed by atoms with E-state index >= 15 is 0 Å². The molecule has 0 amide bonds. The summed E-state index contributed by atoms with van der Waals surface area (Å²) in [5, 5.41) is 0. The van der Waals surface area contributed by atoms with Crippen molar-refractivity contribution in [1.29, 1.82) is 0 Å². The van der Waals surface area contributed by atoms with Crippen molar-refractivity contribution in [2.24, 2.45) is 0 Å². The van der Waals surface area contributed by atoms with Gasteiger partial charge in [0.15, 0.2) is 0 Å². The second kappa shape index (κ2) is 16.9. The highest BCUT2D eigenvalue weighted by Crippen LogP contribution is 2.09. The molecule has 1 nitrogen and oxygen atoms in total. The summed E-state index contributed by atoms with van der Waals surface area (Å²) in [6, 6.07) is 0. The fourth-order valence-electron chi connectivity index (χ4n) is 1.92. The molecular weight excluding hydrogens is 232 g/mol. The zero-order valence-corrected chi connectivity index (χ0v) is 12.5. The predicted octanol–water partition coefficient (Wildman–Crippen LogP) is 5.77. The number of hydrogen-bond donors (Lipinski definition) is 0. The largest absolute Gasteiger partial charge is 0.299 e. The molecule has 0 rings (SSSR count). The van der Waals surface area contributed by atoms with Crippen LogP contribution in [0.15, 0.2) is 36.5 Å². The van der Waals surface area contributed by atoms with Crippen LogP contribution >= 0.6 is 0 Å². The third-order valence-electron chi connectivity index (χ3n) is 3.05. The third kappa shape index (κ3) is 16.9. The van der Waals surface area contributed by atoms with Crippen LogP contribution in [0.4, 0.5) is 0 Å². The topological polar surface area (TPSA) is 17.1 Å². The number of hydrogen-bond acceptors (Lipinski definition) is 1. The van der Waals surface area contributed by atoms with E-state index in [2.05, 4.69) is 25.2 Å². The number of carbonyl (C=O) groups is 1. The monoisotopic (exact) mass is 262 g/mol. The zero-order valence-electron chi connectivity index (χ0n) is 12.5. The minimum absolute atomic E-state index is 0.807. The van der Waals surface area contributed by atoms with E-state index in [1.165, 1.54) is 63.9 Å². The smallest absolute Gasteiger partial charge is 0.142 e. The first-order valence-electron chi connectivity index (χ1n) is 7.83. The lowest BCUT2D eigenvalue weighted by atomic mass is 10.1. The summed E-state index contributed by atoms with van der Waals surface area (Å²) in [4.78, 5) is 10.0. The number of unbranched alkanes of at least 4 members (excludes halogenated alkanes) is 8. The van der Waals surface area contributed by atoms with Gasteiger partial charge in [0.1, 0.15) is 6.29 Å². The lowest BCUT2D eigenvalue weighted by Crippen LogP contribution is -1.79. The maximum atomic E-state index is 10.0. The van der Waals surface area contributed by atoms with Gasteiger partial charge >= 0.3 is 0 Å². The van der Waals surface area contributed by atoms with E-state index in [4.69, 9.17) is 0 Å². The molecule has 19 heavy (non-hydrogen) atoms. The van der Waals surface area contributed by atoms with E-state index in [9.17, 15) is 4.79 Å². The third-order valence-corrected chi connectivity index (χ3v) is 3.05. The van der Waals surface area contributed by atoms with Crippen LogP contribution < -0.4 is 0 Å². The van der Waals surface area contributed by atoms with Gasteiger partial charge < -0.3 is 0 Å². The van der Waals surface area contributed by atoms with E-state index in [1.807, 2.05) is 6.08 Å². The lowest BCUT2D eigenvalue weighted by molar-refractivity contribution is -0.104. The number of carbonyl (C=O) groups excluding carboxylic acids is 1. The van der Waals surface area contributed by atoms with Crippen LogP contribution in [0.25, 0.3) is 0 Å². The Labute approximate surface area is 119 Å². The van der Waals surface area contributed by atoms with E-state index in [-0.39, 0.29) is 0 Å². The molecule has 0 bridgehead atoms. The average molecular weight is 262 g/mol. The summed E-state index contributed by atoms with van der Waals surface area (Å²) in [7, 11) is 0. The highest BCUT2D eigenvalue weighted by atomic mass is 16.1. The van der Waals surface area contributed by atoms with Gasteiger partial charge in [-0.2, -0.15) is 0 Å². The molecule has 0 aromatic heterocycles. The first kappa shape index (κ1) is 17.9. The normalized spacial score (nSPS) is 12.1. The molecule has 108 valence electrons. The Bertz CT molecular complexity index is 261. The molecule has 0 spiro atoms. The molecule has 0 N–H and O–H groups in total. The summed E-state index contributed by atoms with van der Waals surface area (Å²) in [6.07, 6.45) is 25.8. The van der Waals surface area contributed by atoms with Crippen molar-refractivity contribution in [2.45, 2.75) is 71.1 Å². The Balaban J connectivity index is 3.12. The van der Waals surface area contributed by atoms with Gasteiger partial charge in [-0.05, 0) is 38.2 Å². The molecule has 0 radical (unpaired) electrons. The Morgan fingerprint density at radius 2 is 1.21 bits per heavy atom. The van der Waals surface area contributed by atoms with Gasteiger partial charge in [-0.3, -0.25) is 4.79 Å². The molecule has 0 aliphatic carbocycles.